The monoisotopic (exact) mass is 305 g/mol. The Hall–Kier alpha value is -0.620. The first-order chi connectivity index (χ1) is 8.81. The fourth-order valence-corrected chi connectivity index (χ4v) is 3.87. The summed E-state index contributed by atoms with van der Waals surface area (Å²) in [6.07, 6.45) is 1.67. The van der Waals surface area contributed by atoms with Crippen molar-refractivity contribution in [1.29, 1.82) is 0 Å². The number of sulfonamides is 1. The van der Waals surface area contributed by atoms with E-state index < -0.39 is 10.0 Å². The summed E-state index contributed by atoms with van der Waals surface area (Å²) in [4.78, 5) is 0.131. The van der Waals surface area contributed by atoms with E-state index in [2.05, 4.69) is 4.72 Å². The van der Waals surface area contributed by atoms with E-state index >= 15 is 0 Å². The molecular weight excluding hydrogens is 286 g/mol. The maximum absolute atomic E-state index is 12.3. The Morgan fingerprint density at radius 3 is 2.58 bits per heavy atom. The zero-order chi connectivity index (χ0) is 14.6. The molecule has 0 aromatic heterocycles. The van der Waals surface area contributed by atoms with E-state index in [1.165, 1.54) is 6.07 Å². The Morgan fingerprint density at radius 1 is 1.42 bits per heavy atom. The molecule has 0 amide bonds. The third-order valence-electron chi connectivity index (χ3n) is 2.97. The number of rotatable bonds is 6. The molecule has 0 radical (unpaired) electrons. The molecule has 0 saturated heterocycles. The molecular formula is C13H20ClNO3S. The van der Waals surface area contributed by atoms with Crippen LogP contribution in [0.25, 0.3) is 0 Å². The Bertz CT molecular complexity index is 543. The number of hydrogen-bond donors (Lipinski definition) is 2. The number of benzene rings is 1. The van der Waals surface area contributed by atoms with Gasteiger partial charge in [0.15, 0.2) is 0 Å². The van der Waals surface area contributed by atoms with Gasteiger partial charge in [0.05, 0.1) is 11.5 Å². The van der Waals surface area contributed by atoms with Gasteiger partial charge in [0.1, 0.15) is 0 Å². The SMILES string of the molecule is CCCC(C)NS(=O)(=O)c1cc(Cl)cc(CO)c1C. The highest BCUT2D eigenvalue weighted by molar-refractivity contribution is 7.89. The van der Waals surface area contributed by atoms with Gasteiger partial charge in [-0.2, -0.15) is 0 Å². The predicted octanol–water partition coefficient (Wildman–Crippen LogP) is 2.61. The molecule has 1 aromatic rings. The van der Waals surface area contributed by atoms with Crippen molar-refractivity contribution in [3.63, 3.8) is 0 Å². The number of aliphatic hydroxyl groups excluding tert-OH is 1. The van der Waals surface area contributed by atoms with Gasteiger partial charge in [0.25, 0.3) is 0 Å². The van der Waals surface area contributed by atoms with Gasteiger partial charge in [-0.05, 0) is 43.5 Å². The normalized spacial score (nSPS) is 13.5. The first-order valence-corrected chi connectivity index (χ1v) is 8.10. The molecule has 0 saturated carbocycles. The lowest BCUT2D eigenvalue weighted by molar-refractivity contribution is 0.280. The Kier molecular flexibility index (Phi) is 5.80. The van der Waals surface area contributed by atoms with Crippen molar-refractivity contribution in [3.8, 4) is 0 Å². The van der Waals surface area contributed by atoms with Crippen LogP contribution in [0.15, 0.2) is 17.0 Å². The smallest absolute Gasteiger partial charge is 0.241 e. The van der Waals surface area contributed by atoms with Gasteiger partial charge in [-0.25, -0.2) is 13.1 Å². The second-order valence-corrected chi connectivity index (χ2v) is 6.78. The first-order valence-electron chi connectivity index (χ1n) is 6.24. The van der Waals surface area contributed by atoms with Crippen molar-refractivity contribution < 1.29 is 13.5 Å². The molecule has 0 aliphatic rings. The van der Waals surface area contributed by atoms with Crippen LogP contribution in [0.3, 0.4) is 0 Å². The predicted molar refractivity (Wildman–Crippen MR) is 76.8 cm³/mol. The average molecular weight is 306 g/mol. The summed E-state index contributed by atoms with van der Waals surface area (Å²) in [7, 11) is -3.61. The number of aliphatic hydroxyl groups is 1. The number of halogens is 1. The highest BCUT2D eigenvalue weighted by atomic mass is 35.5. The van der Waals surface area contributed by atoms with E-state index in [1.807, 2.05) is 13.8 Å². The molecule has 1 rings (SSSR count). The second kappa shape index (κ2) is 6.70. The summed E-state index contributed by atoms with van der Waals surface area (Å²) in [6.45, 7) is 5.26. The molecule has 4 nitrogen and oxygen atoms in total. The van der Waals surface area contributed by atoms with E-state index in [-0.39, 0.29) is 17.5 Å². The average Bonchev–Trinajstić information content (AvgIpc) is 2.31. The zero-order valence-corrected chi connectivity index (χ0v) is 13.0. The molecule has 108 valence electrons. The van der Waals surface area contributed by atoms with Gasteiger partial charge >= 0.3 is 0 Å². The van der Waals surface area contributed by atoms with Crippen LogP contribution in [0.4, 0.5) is 0 Å². The second-order valence-electron chi connectivity index (χ2n) is 4.66. The van der Waals surface area contributed by atoms with Gasteiger partial charge in [0, 0.05) is 11.1 Å². The summed E-state index contributed by atoms with van der Waals surface area (Å²) >= 11 is 5.90. The maximum Gasteiger partial charge on any atom is 0.241 e. The Labute approximate surface area is 119 Å². The third-order valence-corrected chi connectivity index (χ3v) is 4.90. The largest absolute Gasteiger partial charge is 0.392 e. The van der Waals surface area contributed by atoms with Crippen molar-refractivity contribution in [2.75, 3.05) is 0 Å². The van der Waals surface area contributed by atoms with Crippen molar-refractivity contribution in [2.45, 2.75) is 51.2 Å². The molecule has 1 unspecified atom stereocenters. The maximum atomic E-state index is 12.3. The van der Waals surface area contributed by atoms with Crippen LogP contribution in [-0.2, 0) is 16.6 Å². The van der Waals surface area contributed by atoms with E-state index in [0.29, 0.717) is 16.1 Å². The van der Waals surface area contributed by atoms with Gasteiger partial charge in [-0.1, -0.05) is 24.9 Å². The fraction of sp³-hybridized carbons (Fsp3) is 0.538. The standard InChI is InChI=1S/C13H20ClNO3S/c1-4-5-9(2)15-19(17,18)13-7-12(14)6-11(8-16)10(13)3/h6-7,9,15-16H,4-5,8H2,1-3H3. The summed E-state index contributed by atoms with van der Waals surface area (Å²) in [6, 6.07) is 2.86. The van der Waals surface area contributed by atoms with Crippen LogP contribution in [0.2, 0.25) is 5.02 Å². The molecule has 0 bridgehead atoms. The number of nitrogens with one attached hydrogen (secondary N) is 1. The minimum atomic E-state index is -3.61. The molecule has 6 heteroatoms. The lowest BCUT2D eigenvalue weighted by Gasteiger charge is -2.16. The van der Waals surface area contributed by atoms with Crippen molar-refractivity contribution in [1.82, 2.24) is 4.72 Å². The topological polar surface area (TPSA) is 66.4 Å². The molecule has 19 heavy (non-hydrogen) atoms. The summed E-state index contributed by atoms with van der Waals surface area (Å²) in [5.41, 5.74) is 1.05. The van der Waals surface area contributed by atoms with Gasteiger partial charge in [0.2, 0.25) is 10.0 Å². The lowest BCUT2D eigenvalue weighted by Crippen LogP contribution is -2.33. The van der Waals surface area contributed by atoms with Crippen LogP contribution in [0.5, 0.6) is 0 Å². The first kappa shape index (κ1) is 16.4. The van der Waals surface area contributed by atoms with E-state index in [0.717, 1.165) is 12.8 Å². The molecule has 1 aromatic carbocycles. The van der Waals surface area contributed by atoms with Gasteiger partial charge < -0.3 is 5.11 Å². The minimum Gasteiger partial charge on any atom is -0.392 e. The van der Waals surface area contributed by atoms with Crippen LogP contribution in [0, 0.1) is 6.92 Å². The molecule has 0 fully saturated rings. The van der Waals surface area contributed by atoms with E-state index in [4.69, 9.17) is 11.6 Å². The molecule has 1 atom stereocenters. The quantitative estimate of drug-likeness (QED) is 0.849. The molecule has 0 heterocycles. The molecule has 0 aliphatic heterocycles. The molecule has 0 aliphatic carbocycles. The van der Waals surface area contributed by atoms with E-state index in [1.54, 1.807) is 13.0 Å². The third kappa shape index (κ3) is 4.18. The van der Waals surface area contributed by atoms with Gasteiger partial charge in [-0.15, -0.1) is 0 Å². The fourth-order valence-electron chi connectivity index (χ4n) is 1.97. The molecule has 2 N–H and O–H groups in total. The Balaban J connectivity index is 3.18. The highest BCUT2D eigenvalue weighted by Crippen LogP contribution is 2.24. The van der Waals surface area contributed by atoms with Gasteiger partial charge in [-0.3, -0.25) is 0 Å². The number of hydrogen-bond acceptors (Lipinski definition) is 3. The van der Waals surface area contributed by atoms with Crippen LogP contribution < -0.4 is 4.72 Å². The van der Waals surface area contributed by atoms with Crippen LogP contribution >= 0.6 is 11.6 Å². The summed E-state index contributed by atoms with van der Waals surface area (Å²) < 4.78 is 27.2. The minimum absolute atomic E-state index is 0.131. The molecule has 0 spiro atoms. The van der Waals surface area contributed by atoms with Crippen molar-refractivity contribution in [2.24, 2.45) is 0 Å². The summed E-state index contributed by atoms with van der Waals surface area (Å²) in [5.74, 6) is 0. The van der Waals surface area contributed by atoms with Crippen molar-refractivity contribution >= 4 is 21.6 Å². The van der Waals surface area contributed by atoms with E-state index in [9.17, 15) is 13.5 Å². The van der Waals surface area contributed by atoms with Crippen LogP contribution in [-0.4, -0.2) is 19.6 Å². The zero-order valence-electron chi connectivity index (χ0n) is 11.4. The highest BCUT2D eigenvalue weighted by Gasteiger charge is 2.21. The van der Waals surface area contributed by atoms with Crippen molar-refractivity contribution in [3.05, 3.63) is 28.3 Å². The Morgan fingerprint density at radius 2 is 2.05 bits per heavy atom. The lowest BCUT2D eigenvalue weighted by atomic mass is 10.1. The van der Waals surface area contributed by atoms with Crippen LogP contribution in [0.1, 0.15) is 37.8 Å². The summed E-state index contributed by atoms with van der Waals surface area (Å²) in [5, 5.41) is 9.53.